The second-order valence-electron chi connectivity index (χ2n) is 5.76. The summed E-state index contributed by atoms with van der Waals surface area (Å²) in [6.07, 6.45) is 8.88. The van der Waals surface area contributed by atoms with E-state index in [0.29, 0.717) is 25.8 Å². The summed E-state index contributed by atoms with van der Waals surface area (Å²) in [6, 6.07) is 0.367. The Morgan fingerprint density at radius 2 is 1.78 bits per heavy atom. The van der Waals surface area contributed by atoms with Crippen molar-refractivity contribution in [1.29, 1.82) is 0 Å². The van der Waals surface area contributed by atoms with Crippen LogP contribution in [0.5, 0.6) is 0 Å². The Morgan fingerprint density at radius 1 is 1.17 bits per heavy atom. The molecule has 1 aliphatic carbocycles. The predicted octanol–water partition coefficient (Wildman–Crippen LogP) is 1.58. The molecule has 0 bridgehead atoms. The molecule has 0 radical (unpaired) electrons. The van der Waals surface area contributed by atoms with Gasteiger partial charge in [0.1, 0.15) is 0 Å². The zero-order chi connectivity index (χ0) is 12.8. The van der Waals surface area contributed by atoms with Crippen molar-refractivity contribution >= 4 is 5.91 Å². The number of amides is 1. The summed E-state index contributed by atoms with van der Waals surface area (Å²) in [4.78, 5) is 12.5. The Balaban J connectivity index is 1.91. The predicted molar refractivity (Wildman–Crippen MR) is 71.2 cm³/mol. The van der Waals surface area contributed by atoms with E-state index in [1.54, 1.807) is 0 Å². The van der Waals surface area contributed by atoms with Gasteiger partial charge in [-0.15, -0.1) is 0 Å². The highest BCUT2D eigenvalue weighted by Gasteiger charge is 2.39. The number of carbonyl (C=O) groups excluding carboxylic acids is 1. The average molecular weight is 254 g/mol. The Hall–Kier alpha value is -0.610. The number of rotatable bonds is 3. The van der Waals surface area contributed by atoms with E-state index >= 15 is 0 Å². The van der Waals surface area contributed by atoms with Crippen molar-refractivity contribution < 1.29 is 9.53 Å². The molecule has 1 heterocycles. The quantitative estimate of drug-likeness (QED) is 0.752. The Labute approximate surface area is 110 Å². The van der Waals surface area contributed by atoms with Crippen LogP contribution in [0.2, 0.25) is 0 Å². The topological polar surface area (TPSA) is 64.4 Å². The summed E-state index contributed by atoms with van der Waals surface area (Å²) in [6.45, 7) is 1.76. The van der Waals surface area contributed by atoms with Gasteiger partial charge in [0.25, 0.3) is 0 Å². The van der Waals surface area contributed by atoms with E-state index < -0.39 is 0 Å². The number of carbonyl (C=O) groups is 1. The fourth-order valence-corrected chi connectivity index (χ4v) is 3.05. The van der Waals surface area contributed by atoms with Gasteiger partial charge in [-0.25, -0.2) is 0 Å². The van der Waals surface area contributed by atoms with Crippen molar-refractivity contribution in [3.63, 3.8) is 0 Å². The monoisotopic (exact) mass is 254 g/mol. The van der Waals surface area contributed by atoms with Gasteiger partial charge < -0.3 is 15.8 Å². The normalized spacial score (nSPS) is 25.4. The molecule has 0 aromatic heterocycles. The van der Waals surface area contributed by atoms with Gasteiger partial charge in [0.15, 0.2) is 0 Å². The van der Waals surface area contributed by atoms with E-state index in [2.05, 4.69) is 5.32 Å². The van der Waals surface area contributed by atoms with Gasteiger partial charge in [-0.05, 0) is 25.7 Å². The van der Waals surface area contributed by atoms with Crippen molar-refractivity contribution in [2.45, 2.75) is 57.4 Å². The lowest BCUT2D eigenvalue weighted by molar-refractivity contribution is -0.136. The maximum atomic E-state index is 12.5. The highest BCUT2D eigenvalue weighted by atomic mass is 16.5. The lowest BCUT2D eigenvalue weighted by Gasteiger charge is -2.35. The first-order valence-electron chi connectivity index (χ1n) is 7.36. The van der Waals surface area contributed by atoms with Crippen molar-refractivity contribution in [2.24, 2.45) is 11.1 Å². The number of hydrogen-bond donors (Lipinski definition) is 2. The maximum absolute atomic E-state index is 12.5. The molecule has 4 heteroatoms. The molecule has 0 unspecified atom stereocenters. The first-order chi connectivity index (χ1) is 8.77. The first-order valence-corrected chi connectivity index (χ1v) is 7.36. The van der Waals surface area contributed by atoms with E-state index in [1.807, 2.05) is 0 Å². The van der Waals surface area contributed by atoms with E-state index in [9.17, 15) is 4.79 Å². The van der Waals surface area contributed by atoms with Gasteiger partial charge >= 0.3 is 0 Å². The Bertz CT molecular complexity index is 267. The molecule has 3 N–H and O–H groups in total. The van der Waals surface area contributed by atoms with Gasteiger partial charge in [0.2, 0.25) is 5.91 Å². The molecule has 104 valence electrons. The molecule has 0 spiro atoms. The van der Waals surface area contributed by atoms with Gasteiger partial charge in [0, 0.05) is 25.8 Å². The minimum Gasteiger partial charge on any atom is -0.381 e. The van der Waals surface area contributed by atoms with Crippen LogP contribution in [0.1, 0.15) is 51.4 Å². The molecule has 1 saturated heterocycles. The van der Waals surface area contributed by atoms with Crippen LogP contribution in [0.3, 0.4) is 0 Å². The number of nitrogens with two attached hydrogens (primary N) is 1. The van der Waals surface area contributed by atoms with Gasteiger partial charge in [-0.1, -0.05) is 25.7 Å². The highest BCUT2D eigenvalue weighted by Crippen LogP contribution is 2.30. The molecule has 0 aromatic carbocycles. The summed E-state index contributed by atoms with van der Waals surface area (Å²) in [5, 5.41) is 3.25. The van der Waals surface area contributed by atoms with Gasteiger partial charge in [0.05, 0.1) is 5.41 Å². The van der Waals surface area contributed by atoms with Crippen LogP contribution >= 0.6 is 0 Å². The van der Waals surface area contributed by atoms with Crippen LogP contribution in [-0.2, 0) is 9.53 Å². The molecule has 1 aliphatic heterocycles. The average Bonchev–Trinajstić information content (AvgIpc) is 2.68. The van der Waals surface area contributed by atoms with Gasteiger partial charge in [-0.2, -0.15) is 0 Å². The molecule has 2 fully saturated rings. The SMILES string of the molecule is NCC1(C(=O)NC2CCCCCC2)CCOCC1. The standard InChI is InChI=1S/C14H26N2O2/c15-11-14(7-9-18-10-8-14)13(17)16-12-5-3-1-2-4-6-12/h12H,1-11,15H2,(H,16,17). The van der Waals surface area contributed by atoms with Crippen molar-refractivity contribution in [2.75, 3.05) is 19.8 Å². The summed E-state index contributed by atoms with van der Waals surface area (Å²) < 4.78 is 5.35. The van der Waals surface area contributed by atoms with Crippen molar-refractivity contribution in [1.82, 2.24) is 5.32 Å². The summed E-state index contributed by atoms with van der Waals surface area (Å²) in [7, 11) is 0. The Morgan fingerprint density at radius 3 is 2.33 bits per heavy atom. The molecule has 4 nitrogen and oxygen atoms in total. The summed E-state index contributed by atoms with van der Waals surface area (Å²) in [5.74, 6) is 0.167. The van der Waals surface area contributed by atoms with Crippen LogP contribution < -0.4 is 11.1 Å². The van der Waals surface area contributed by atoms with Crippen molar-refractivity contribution in [3.05, 3.63) is 0 Å². The van der Waals surface area contributed by atoms with E-state index in [0.717, 1.165) is 25.7 Å². The van der Waals surface area contributed by atoms with E-state index in [4.69, 9.17) is 10.5 Å². The number of nitrogens with one attached hydrogen (secondary N) is 1. The number of hydrogen-bond acceptors (Lipinski definition) is 3. The van der Waals surface area contributed by atoms with Crippen LogP contribution in [-0.4, -0.2) is 31.7 Å². The molecular formula is C14H26N2O2. The Kier molecular flexibility index (Phi) is 5.01. The lowest BCUT2D eigenvalue weighted by Crippen LogP contribution is -2.51. The zero-order valence-corrected chi connectivity index (χ0v) is 11.2. The molecule has 18 heavy (non-hydrogen) atoms. The smallest absolute Gasteiger partial charge is 0.227 e. The molecule has 0 aromatic rings. The first kappa shape index (κ1) is 13.8. The molecule has 2 rings (SSSR count). The van der Waals surface area contributed by atoms with E-state index in [-0.39, 0.29) is 11.3 Å². The lowest BCUT2D eigenvalue weighted by atomic mass is 9.79. The second kappa shape index (κ2) is 6.53. The summed E-state index contributed by atoms with van der Waals surface area (Å²) >= 11 is 0. The molecule has 0 atom stereocenters. The van der Waals surface area contributed by atoms with Crippen LogP contribution in [0, 0.1) is 5.41 Å². The minimum absolute atomic E-state index is 0.167. The molecule has 1 saturated carbocycles. The third-order valence-electron chi connectivity index (χ3n) is 4.51. The van der Waals surface area contributed by atoms with Crippen LogP contribution in [0.25, 0.3) is 0 Å². The third-order valence-corrected chi connectivity index (χ3v) is 4.51. The molecular weight excluding hydrogens is 228 g/mol. The minimum atomic E-state index is -0.370. The molecule has 1 amide bonds. The zero-order valence-electron chi connectivity index (χ0n) is 11.2. The van der Waals surface area contributed by atoms with Crippen molar-refractivity contribution in [3.8, 4) is 0 Å². The number of ether oxygens (including phenoxy) is 1. The fourth-order valence-electron chi connectivity index (χ4n) is 3.05. The maximum Gasteiger partial charge on any atom is 0.227 e. The third kappa shape index (κ3) is 3.23. The van der Waals surface area contributed by atoms with Crippen LogP contribution in [0.4, 0.5) is 0 Å². The van der Waals surface area contributed by atoms with E-state index in [1.165, 1.54) is 25.7 Å². The highest BCUT2D eigenvalue weighted by molar-refractivity contribution is 5.83. The summed E-state index contributed by atoms with van der Waals surface area (Å²) in [5.41, 5.74) is 5.49. The largest absolute Gasteiger partial charge is 0.381 e. The van der Waals surface area contributed by atoms with Crippen LogP contribution in [0.15, 0.2) is 0 Å². The molecule has 2 aliphatic rings. The van der Waals surface area contributed by atoms with Gasteiger partial charge in [-0.3, -0.25) is 4.79 Å². The fraction of sp³-hybridized carbons (Fsp3) is 0.929. The second-order valence-corrected chi connectivity index (χ2v) is 5.76.